The zero-order valence-corrected chi connectivity index (χ0v) is 24.3. The van der Waals surface area contributed by atoms with Gasteiger partial charge in [-0.2, -0.15) is 5.26 Å². The van der Waals surface area contributed by atoms with Crippen molar-refractivity contribution in [1.29, 1.82) is 5.26 Å². The summed E-state index contributed by atoms with van der Waals surface area (Å²) in [5, 5.41) is 19.5. The smallest absolute Gasteiger partial charge is 0.231 e. The van der Waals surface area contributed by atoms with Crippen molar-refractivity contribution in [3.8, 4) is 23.1 Å². The number of carbonyl (C=O) groups is 1. The number of aromatic nitrogens is 2. The molecular formula is C33H40N4O4. The highest BCUT2D eigenvalue weighted by Crippen LogP contribution is 2.39. The van der Waals surface area contributed by atoms with Gasteiger partial charge in [0.25, 0.3) is 0 Å². The molecule has 2 saturated carbocycles. The van der Waals surface area contributed by atoms with E-state index < -0.39 is 0 Å². The lowest BCUT2D eigenvalue weighted by Gasteiger charge is -2.35. The van der Waals surface area contributed by atoms with Crippen molar-refractivity contribution in [3.63, 3.8) is 0 Å². The summed E-state index contributed by atoms with van der Waals surface area (Å²) >= 11 is 0. The van der Waals surface area contributed by atoms with Crippen LogP contribution in [0.25, 0.3) is 11.3 Å². The maximum absolute atomic E-state index is 14.0. The van der Waals surface area contributed by atoms with E-state index in [4.69, 9.17) is 9.15 Å². The molecule has 0 unspecified atom stereocenters. The van der Waals surface area contributed by atoms with E-state index in [9.17, 15) is 15.2 Å². The van der Waals surface area contributed by atoms with E-state index in [1.54, 1.807) is 19.6 Å². The van der Waals surface area contributed by atoms with E-state index in [1.165, 1.54) is 5.56 Å². The molecule has 3 aromatic rings. The van der Waals surface area contributed by atoms with Gasteiger partial charge in [-0.3, -0.25) is 9.69 Å². The second kappa shape index (κ2) is 12.9. The highest BCUT2D eigenvalue weighted by atomic mass is 16.5. The fraction of sp³-hybridized carbons (Fsp3) is 0.515. The van der Waals surface area contributed by atoms with Crippen LogP contribution in [0.1, 0.15) is 94.1 Å². The van der Waals surface area contributed by atoms with E-state index in [0.29, 0.717) is 67.1 Å². The summed E-state index contributed by atoms with van der Waals surface area (Å²) in [6, 6.07) is 12.0. The molecule has 2 aliphatic rings. The van der Waals surface area contributed by atoms with Crippen molar-refractivity contribution in [1.82, 2.24) is 9.97 Å². The fourth-order valence-corrected chi connectivity index (χ4v) is 6.25. The number of rotatable bonds is 8. The standard InChI is InChI=1S/C33H40N4O4/c1-21(2)32-36-29(20-41-32)26-14-15-35-31(17-26)37(33(39)24-8-11-28(38)12-9-24)19-22-4-6-23(7-5-22)25-10-13-30(40-3)27(16-25)18-34/h10,13-17,20-24,28,38H,4-9,11-12,19H2,1-3H3/t22-,23-,24-,28-. The normalized spacial score (nSPS) is 22.7. The van der Waals surface area contributed by atoms with Crippen LogP contribution in [0.3, 0.4) is 0 Å². The number of oxazole rings is 1. The molecule has 0 saturated heterocycles. The molecule has 2 heterocycles. The van der Waals surface area contributed by atoms with Gasteiger partial charge in [-0.1, -0.05) is 19.9 Å². The van der Waals surface area contributed by atoms with E-state index in [2.05, 4.69) is 22.1 Å². The molecule has 0 bridgehead atoms. The molecule has 2 aromatic heterocycles. The molecule has 2 aliphatic carbocycles. The number of carbonyl (C=O) groups excluding carboxylic acids is 1. The zero-order chi connectivity index (χ0) is 28.9. The maximum Gasteiger partial charge on any atom is 0.231 e. The van der Waals surface area contributed by atoms with Crippen molar-refractivity contribution < 1.29 is 19.1 Å². The molecule has 0 spiro atoms. The number of methoxy groups -OCH3 is 1. The number of amides is 1. The number of pyridine rings is 1. The average Bonchev–Trinajstić information content (AvgIpc) is 3.51. The summed E-state index contributed by atoms with van der Waals surface area (Å²) in [5.74, 6) is 2.84. The second-order valence-electron chi connectivity index (χ2n) is 11.9. The summed E-state index contributed by atoms with van der Waals surface area (Å²) in [7, 11) is 1.59. The third-order valence-electron chi connectivity index (χ3n) is 8.75. The monoisotopic (exact) mass is 556 g/mol. The van der Waals surface area contributed by atoms with E-state index >= 15 is 0 Å². The summed E-state index contributed by atoms with van der Waals surface area (Å²) in [4.78, 5) is 25.2. The Labute approximate surface area is 242 Å². The molecule has 1 N–H and O–H groups in total. The molecule has 216 valence electrons. The number of nitrogens with zero attached hydrogens (tertiary/aromatic N) is 4. The van der Waals surface area contributed by atoms with Gasteiger partial charge in [-0.05, 0) is 93.0 Å². The Balaban J connectivity index is 1.34. The zero-order valence-electron chi connectivity index (χ0n) is 24.3. The van der Waals surface area contributed by atoms with E-state index in [0.717, 1.165) is 36.9 Å². The number of anilines is 1. The summed E-state index contributed by atoms with van der Waals surface area (Å²) in [6.07, 6.45) is 9.80. The van der Waals surface area contributed by atoms with Crippen LogP contribution in [0, 0.1) is 23.2 Å². The fourth-order valence-electron chi connectivity index (χ4n) is 6.25. The van der Waals surface area contributed by atoms with Crippen LogP contribution in [0.15, 0.2) is 47.2 Å². The molecule has 8 heteroatoms. The highest BCUT2D eigenvalue weighted by Gasteiger charge is 2.33. The lowest BCUT2D eigenvalue weighted by molar-refractivity contribution is -0.124. The Morgan fingerprint density at radius 1 is 1.12 bits per heavy atom. The van der Waals surface area contributed by atoms with Gasteiger partial charge in [0.2, 0.25) is 5.91 Å². The minimum atomic E-state index is -0.314. The van der Waals surface area contributed by atoms with Crippen LogP contribution in [-0.2, 0) is 4.79 Å². The third-order valence-corrected chi connectivity index (χ3v) is 8.75. The number of hydrogen-bond acceptors (Lipinski definition) is 7. The minimum absolute atomic E-state index is 0.0977. The van der Waals surface area contributed by atoms with Crippen LogP contribution < -0.4 is 9.64 Å². The lowest BCUT2D eigenvalue weighted by atomic mass is 9.78. The number of aliphatic hydroxyl groups excluding tert-OH is 1. The molecule has 1 aromatic carbocycles. The van der Waals surface area contributed by atoms with Gasteiger partial charge in [0.15, 0.2) is 5.89 Å². The molecule has 0 radical (unpaired) electrons. The van der Waals surface area contributed by atoms with Crippen LogP contribution in [0.4, 0.5) is 5.82 Å². The number of nitriles is 1. The predicted molar refractivity (Wildman–Crippen MR) is 157 cm³/mol. The Kier molecular flexibility index (Phi) is 9.04. The van der Waals surface area contributed by atoms with Gasteiger partial charge in [-0.25, -0.2) is 9.97 Å². The van der Waals surface area contributed by atoms with E-state index in [1.807, 2.05) is 43.0 Å². The number of aliphatic hydroxyl groups is 1. The molecule has 8 nitrogen and oxygen atoms in total. The largest absolute Gasteiger partial charge is 0.495 e. The summed E-state index contributed by atoms with van der Waals surface area (Å²) in [5.41, 5.74) is 3.36. The van der Waals surface area contributed by atoms with Gasteiger partial charge in [0, 0.05) is 30.1 Å². The Morgan fingerprint density at radius 3 is 2.54 bits per heavy atom. The Hall–Kier alpha value is -3.70. The van der Waals surface area contributed by atoms with Gasteiger partial charge in [0.1, 0.15) is 29.6 Å². The average molecular weight is 557 g/mol. The predicted octanol–water partition coefficient (Wildman–Crippen LogP) is 6.60. The van der Waals surface area contributed by atoms with E-state index in [-0.39, 0.29) is 23.8 Å². The summed E-state index contributed by atoms with van der Waals surface area (Å²) in [6.45, 7) is 4.70. The molecule has 2 fully saturated rings. The lowest BCUT2D eigenvalue weighted by Crippen LogP contribution is -2.42. The second-order valence-corrected chi connectivity index (χ2v) is 11.9. The minimum Gasteiger partial charge on any atom is -0.495 e. The first kappa shape index (κ1) is 28.8. The quantitative estimate of drug-likeness (QED) is 0.333. The van der Waals surface area contributed by atoms with Gasteiger partial charge < -0.3 is 14.3 Å². The number of benzene rings is 1. The molecule has 0 atom stereocenters. The first-order valence-electron chi connectivity index (χ1n) is 14.9. The van der Waals surface area contributed by atoms with Crippen LogP contribution in [0.2, 0.25) is 0 Å². The molecule has 0 aliphatic heterocycles. The van der Waals surface area contributed by atoms with Gasteiger partial charge in [0.05, 0.1) is 18.8 Å². The molecule has 41 heavy (non-hydrogen) atoms. The van der Waals surface area contributed by atoms with Crippen molar-refractivity contribution >= 4 is 11.7 Å². The highest BCUT2D eigenvalue weighted by molar-refractivity contribution is 5.94. The molecule has 5 rings (SSSR count). The SMILES string of the molecule is COc1ccc([C@H]2CC[C@H](CN(c3cc(-c4coc(C(C)C)n4)ccn3)C(=O)[C@H]3CC[C@H](O)CC3)CC2)cc1C#N. The first-order valence-corrected chi connectivity index (χ1v) is 14.9. The van der Waals surface area contributed by atoms with Crippen LogP contribution >= 0.6 is 0 Å². The van der Waals surface area contributed by atoms with Gasteiger partial charge >= 0.3 is 0 Å². The Morgan fingerprint density at radius 2 is 1.88 bits per heavy atom. The van der Waals surface area contributed by atoms with Crippen molar-refractivity contribution in [2.45, 2.75) is 83.2 Å². The first-order chi connectivity index (χ1) is 19.9. The molecule has 1 amide bonds. The van der Waals surface area contributed by atoms with Crippen LogP contribution in [-0.4, -0.2) is 40.7 Å². The molecular weight excluding hydrogens is 516 g/mol. The third kappa shape index (κ3) is 6.62. The topological polar surface area (TPSA) is 112 Å². The number of hydrogen-bond donors (Lipinski definition) is 1. The maximum atomic E-state index is 14.0. The van der Waals surface area contributed by atoms with Crippen molar-refractivity contribution in [3.05, 3.63) is 59.8 Å². The summed E-state index contributed by atoms with van der Waals surface area (Å²) < 4.78 is 11.0. The Bertz CT molecular complexity index is 1380. The number of ether oxygens (including phenoxy) is 1. The van der Waals surface area contributed by atoms with Crippen molar-refractivity contribution in [2.24, 2.45) is 11.8 Å². The van der Waals surface area contributed by atoms with Crippen LogP contribution in [0.5, 0.6) is 5.75 Å². The van der Waals surface area contributed by atoms with Gasteiger partial charge in [-0.15, -0.1) is 0 Å². The van der Waals surface area contributed by atoms with Crippen molar-refractivity contribution in [2.75, 3.05) is 18.6 Å².